The Hall–Kier alpha value is -1.27. The molecule has 1 aliphatic carbocycles. The van der Waals surface area contributed by atoms with E-state index in [0.29, 0.717) is 10.8 Å². The van der Waals surface area contributed by atoms with Gasteiger partial charge in [0.1, 0.15) is 11.0 Å². The Labute approximate surface area is 111 Å². The lowest BCUT2D eigenvalue weighted by Gasteiger charge is -2.23. The van der Waals surface area contributed by atoms with Gasteiger partial charge in [0.2, 0.25) is 10.0 Å². The van der Waals surface area contributed by atoms with E-state index in [1.54, 1.807) is 32.1 Å². The van der Waals surface area contributed by atoms with Crippen LogP contribution in [0, 0.1) is 12.8 Å². The molecule has 1 aromatic rings. The molecule has 18 heavy (non-hydrogen) atoms. The summed E-state index contributed by atoms with van der Waals surface area (Å²) in [6.07, 6.45) is 4.94. The minimum atomic E-state index is -3.59. The van der Waals surface area contributed by atoms with Gasteiger partial charge in [0.15, 0.2) is 5.82 Å². The summed E-state index contributed by atoms with van der Waals surface area (Å²) in [4.78, 5) is 0. The van der Waals surface area contributed by atoms with Gasteiger partial charge >= 0.3 is 0 Å². The Morgan fingerprint density at radius 1 is 1.50 bits per heavy atom. The van der Waals surface area contributed by atoms with Gasteiger partial charge in [-0.15, -0.1) is 0 Å². The third-order valence-corrected chi connectivity index (χ3v) is 4.96. The molecule has 0 saturated heterocycles. The number of aromatic nitrogens is 1. The summed E-state index contributed by atoms with van der Waals surface area (Å²) in [6, 6.07) is 1.52. The van der Waals surface area contributed by atoms with E-state index in [1.807, 2.05) is 0 Å². The fourth-order valence-electron chi connectivity index (χ4n) is 1.73. The summed E-state index contributed by atoms with van der Waals surface area (Å²) in [5.41, 5.74) is 0. The second-order valence-corrected chi connectivity index (χ2v) is 6.43. The number of halogens is 1. The molecule has 1 N–H and O–H groups in total. The molecule has 1 aliphatic rings. The smallest absolute Gasteiger partial charge is 0.241 e. The summed E-state index contributed by atoms with van der Waals surface area (Å²) >= 11 is 5.96. The average molecular weight is 289 g/mol. The van der Waals surface area contributed by atoms with Crippen molar-refractivity contribution >= 4 is 27.4 Å². The first-order chi connectivity index (χ1) is 8.40. The molecular formula is C11H13ClN2O3S. The first-order valence-electron chi connectivity index (χ1n) is 5.39. The maximum atomic E-state index is 12.2. The van der Waals surface area contributed by atoms with Crippen LogP contribution in [-0.4, -0.2) is 18.8 Å². The summed E-state index contributed by atoms with van der Waals surface area (Å²) in [6.45, 7) is 3.45. The van der Waals surface area contributed by atoms with Gasteiger partial charge in [-0.2, -0.15) is 0 Å². The standard InChI is InChI=1S/C11H13ClN2O3S/c1-7-6-11(13-17-7)14-18(15,16)10-5-3-4-9(12)8(10)2/h3-6,8,10H,1-2H3,(H,13,14). The quantitative estimate of drug-likeness (QED) is 0.927. The third kappa shape index (κ3) is 2.59. The predicted octanol–water partition coefficient (Wildman–Crippen LogP) is 2.42. The molecule has 0 radical (unpaired) electrons. The molecular weight excluding hydrogens is 276 g/mol. The lowest BCUT2D eigenvalue weighted by Crippen LogP contribution is -2.33. The Bertz CT molecular complexity index is 604. The monoisotopic (exact) mass is 288 g/mol. The molecule has 1 heterocycles. The highest BCUT2D eigenvalue weighted by Gasteiger charge is 2.32. The van der Waals surface area contributed by atoms with Crippen molar-refractivity contribution in [3.63, 3.8) is 0 Å². The highest BCUT2D eigenvalue weighted by molar-refractivity contribution is 7.93. The Morgan fingerprint density at radius 3 is 2.83 bits per heavy atom. The maximum Gasteiger partial charge on any atom is 0.241 e. The number of nitrogens with zero attached hydrogens (tertiary/aromatic N) is 1. The van der Waals surface area contributed by atoms with Gasteiger partial charge in [-0.1, -0.05) is 35.8 Å². The highest BCUT2D eigenvalue weighted by atomic mass is 35.5. The minimum Gasteiger partial charge on any atom is -0.360 e. The zero-order valence-corrected chi connectivity index (χ0v) is 11.5. The minimum absolute atomic E-state index is 0.179. The summed E-state index contributed by atoms with van der Waals surface area (Å²) in [5.74, 6) is 0.429. The molecule has 0 bridgehead atoms. The predicted molar refractivity (Wildman–Crippen MR) is 69.8 cm³/mol. The molecule has 0 spiro atoms. The van der Waals surface area contributed by atoms with E-state index in [2.05, 4.69) is 9.88 Å². The molecule has 5 nitrogen and oxygen atoms in total. The van der Waals surface area contributed by atoms with Crippen LogP contribution < -0.4 is 4.72 Å². The van der Waals surface area contributed by atoms with Crippen LogP contribution in [0.2, 0.25) is 0 Å². The number of sulfonamides is 1. The highest BCUT2D eigenvalue weighted by Crippen LogP contribution is 2.29. The van der Waals surface area contributed by atoms with Gasteiger partial charge in [-0.05, 0) is 13.0 Å². The van der Waals surface area contributed by atoms with Crippen molar-refractivity contribution in [2.24, 2.45) is 5.92 Å². The lowest BCUT2D eigenvalue weighted by atomic mass is 10.0. The molecule has 0 fully saturated rings. The van der Waals surface area contributed by atoms with Crippen LogP contribution in [-0.2, 0) is 10.0 Å². The van der Waals surface area contributed by atoms with Crippen molar-refractivity contribution in [3.05, 3.63) is 35.1 Å². The van der Waals surface area contributed by atoms with Gasteiger partial charge in [0.25, 0.3) is 0 Å². The van der Waals surface area contributed by atoms with Crippen molar-refractivity contribution in [3.8, 4) is 0 Å². The molecule has 0 amide bonds. The molecule has 2 rings (SSSR count). The van der Waals surface area contributed by atoms with Gasteiger partial charge in [0.05, 0.1) is 0 Å². The van der Waals surface area contributed by atoms with E-state index in [1.165, 1.54) is 6.07 Å². The molecule has 1 aromatic heterocycles. The molecule has 98 valence electrons. The van der Waals surface area contributed by atoms with Gasteiger partial charge in [-0.3, -0.25) is 4.72 Å². The fourth-order valence-corrected chi connectivity index (χ4v) is 3.52. The largest absolute Gasteiger partial charge is 0.360 e. The molecule has 0 saturated carbocycles. The van der Waals surface area contributed by atoms with Gasteiger partial charge in [-0.25, -0.2) is 8.42 Å². The van der Waals surface area contributed by atoms with Crippen molar-refractivity contribution < 1.29 is 12.9 Å². The number of nitrogens with one attached hydrogen (secondary N) is 1. The lowest BCUT2D eigenvalue weighted by molar-refractivity contribution is 0.400. The van der Waals surface area contributed by atoms with Crippen molar-refractivity contribution in [1.82, 2.24) is 5.16 Å². The number of anilines is 1. The Morgan fingerprint density at radius 2 is 2.22 bits per heavy atom. The summed E-state index contributed by atoms with van der Waals surface area (Å²) in [7, 11) is -3.59. The first-order valence-corrected chi connectivity index (χ1v) is 7.31. The van der Waals surface area contributed by atoms with Crippen molar-refractivity contribution in [2.45, 2.75) is 19.1 Å². The molecule has 7 heteroatoms. The normalized spacial score (nSPS) is 23.8. The van der Waals surface area contributed by atoms with Crippen LogP contribution >= 0.6 is 11.6 Å². The van der Waals surface area contributed by atoms with Gasteiger partial charge in [0, 0.05) is 17.0 Å². The fraction of sp³-hybridized carbons (Fsp3) is 0.364. The molecule has 2 atom stereocenters. The topological polar surface area (TPSA) is 72.2 Å². The number of allylic oxidation sites excluding steroid dienone is 3. The van der Waals surface area contributed by atoms with E-state index >= 15 is 0 Å². The van der Waals surface area contributed by atoms with Crippen LogP contribution in [0.4, 0.5) is 5.82 Å². The zero-order chi connectivity index (χ0) is 13.3. The van der Waals surface area contributed by atoms with Crippen LogP contribution in [0.3, 0.4) is 0 Å². The van der Waals surface area contributed by atoms with E-state index in [0.717, 1.165) is 0 Å². The second-order valence-electron chi connectivity index (χ2n) is 4.16. The number of hydrogen-bond acceptors (Lipinski definition) is 4. The zero-order valence-electron chi connectivity index (χ0n) is 9.92. The van der Waals surface area contributed by atoms with E-state index < -0.39 is 15.3 Å². The van der Waals surface area contributed by atoms with Crippen molar-refractivity contribution in [1.29, 1.82) is 0 Å². The van der Waals surface area contributed by atoms with Crippen LogP contribution in [0.15, 0.2) is 33.8 Å². The van der Waals surface area contributed by atoms with E-state index in [-0.39, 0.29) is 11.7 Å². The second kappa shape index (κ2) is 4.78. The van der Waals surface area contributed by atoms with Crippen LogP contribution in [0.25, 0.3) is 0 Å². The van der Waals surface area contributed by atoms with Crippen molar-refractivity contribution in [2.75, 3.05) is 4.72 Å². The summed E-state index contributed by atoms with van der Waals surface area (Å²) < 4.78 is 31.6. The molecule has 0 aromatic carbocycles. The molecule has 2 unspecified atom stereocenters. The van der Waals surface area contributed by atoms with E-state index in [4.69, 9.17) is 16.1 Å². The molecule has 0 aliphatic heterocycles. The van der Waals surface area contributed by atoms with Crippen LogP contribution in [0.5, 0.6) is 0 Å². The first kappa shape index (κ1) is 13.2. The Balaban J connectivity index is 2.22. The SMILES string of the molecule is Cc1cc(NS(=O)(=O)C2C=CC=C(Cl)C2C)no1. The number of rotatable bonds is 3. The summed E-state index contributed by atoms with van der Waals surface area (Å²) in [5, 5.41) is 3.40. The average Bonchev–Trinajstić information content (AvgIpc) is 2.67. The van der Waals surface area contributed by atoms with Crippen LogP contribution in [0.1, 0.15) is 12.7 Å². The van der Waals surface area contributed by atoms with E-state index in [9.17, 15) is 8.42 Å². The number of hydrogen-bond donors (Lipinski definition) is 1. The maximum absolute atomic E-state index is 12.2. The number of aryl methyl sites for hydroxylation is 1. The third-order valence-electron chi connectivity index (χ3n) is 2.72. The van der Waals surface area contributed by atoms with Gasteiger partial charge < -0.3 is 4.52 Å². The Kier molecular flexibility index (Phi) is 3.49.